The molecule has 3 nitrogen and oxygen atoms in total. The third kappa shape index (κ3) is 2.28. The molecule has 96 valence electrons. The Balaban J connectivity index is 1.75. The molecule has 1 N–H and O–H groups in total. The summed E-state index contributed by atoms with van der Waals surface area (Å²) in [6, 6.07) is 9.93. The Bertz CT molecular complexity index is 654. The Morgan fingerprint density at radius 2 is 2.21 bits per heavy atom. The average Bonchev–Trinajstić information content (AvgIpc) is 2.35. The predicted octanol–water partition coefficient (Wildman–Crippen LogP) is 3.43. The van der Waals surface area contributed by atoms with E-state index in [4.69, 9.17) is 0 Å². The number of pyridine rings is 1. The van der Waals surface area contributed by atoms with E-state index in [1.54, 1.807) is 6.20 Å². The highest BCUT2D eigenvalue weighted by Crippen LogP contribution is 2.35. The van der Waals surface area contributed by atoms with E-state index in [1.807, 2.05) is 31.2 Å². The maximum Gasteiger partial charge on any atom is 0.233 e. The summed E-state index contributed by atoms with van der Waals surface area (Å²) < 4.78 is 0.944. The molecule has 1 aliphatic rings. The summed E-state index contributed by atoms with van der Waals surface area (Å²) in [5, 5.41) is 2.88. The summed E-state index contributed by atoms with van der Waals surface area (Å²) in [5.74, 6) is 0.588. The van der Waals surface area contributed by atoms with Crippen LogP contribution in [0.2, 0.25) is 0 Å². The van der Waals surface area contributed by atoms with Crippen molar-refractivity contribution in [3.63, 3.8) is 0 Å². The van der Waals surface area contributed by atoms with Gasteiger partial charge in [0.15, 0.2) is 0 Å². The van der Waals surface area contributed by atoms with Gasteiger partial charge in [-0.15, -0.1) is 0 Å². The SMILES string of the molecule is Cc1cc(NC(=O)C2Cc3ccccc32)ncc1Br. The van der Waals surface area contributed by atoms with E-state index < -0.39 is 0 Å². The first kappa shape index (κ1) is 12.4. The Kier molecular flexibility index (Phi) is 3.11. The molecule has 1 atom stereocenters. The molecule has 3 rings (SSSR count). The summed E-state index contributed by atoms with van der Waals surface area (Å²) in [6.45, 7) is 1.97. The smallest absolute Gasteiger partial charge is 0.233 e. The van der Waals surface area contributed by atoms with Crippen molar-refractivity contribution in [3.05, 3.63) is 57.7 Å². The number of carbonyl (C=O) groups is 1. The number of nitrogens with one attached hydrogen (secondary N) is 1. The molecule has 0 aliphatic heterocycles. The van der Waals surface area contributed by atoms with Crippen LogP contribution in [-0.4, -0.2) is 10.9 Å². The van der Waals surface area contributed by atoms with Crippen LogP contribution in [0.15, 0.2) is 41.0 Å². The minimum absolute atomic E-state index is 0.0212. The molecule has 0 saturated heterocycles. The molecule has 4 heteroatoms. The number of aromatic nitrogens is 1. The normalized spacial score (nSPS) is 16.4. The Morgan fingerprint density at radius 3 is 2.95 bits per heavy atom. The van der Waals surface area contributed by atoms with Gasteiger partial charge in [0.25, 0.3) is 0 Å². The number of fused-ring (bicyclic) bond motifs is 1. The van der Waals surface area contributed by atoms with E-state index in [0.717, 1.165) is 22.0 Å². The van der Waals surface area contributed by atoms with Crippen molar-refractivity contribution in [1.29, 1.82) is 0 Å². The second kappa shape index (κ2) is 4.78. The van der Waals surface area contributed by atoms with Gasteiger partial charge in [0, 0.05) is 10.7 Å². The molecule has 1 heterocycles. The lowest BCUT2D eigenvalue weighted by Gasteiger charge is -2.28. The number of halogens is 1. The van der Waals surface area contributed by atoms with E-state index in [1.165, 1.54) is 5.56 Å². The standard InChI is InChI=1S/C15H13BrN2O/c1-9-6-14(17-8-13(9)16)18-15(19)12-7-10-4-2-3-5-11(10)12/h2-6,8,12H,7H2,1H3,(H,17,18,19). The van der Waals surface area contributed by atoms with Crippen LogP contribution in [0.4, 0.5) is 5.82 Å². The summed E-state index contributed by atoms with van der Waals surface area (Å²) >= 11 is 3.40. The van der Waals surface area contributed by atoms with Crippen LogP contribution < -0.4 is 5.32 Å². The van der Waals surface area contributed by atoms with Crippen molar-refractivity contribution in [1.82, 2.24) is 4.98 Å². The molecule has 0 spiro atoms. The summed E-state index contributed by atoms with van der Waals surface area (Å²) in [7, 11) is 0. The molecular formula is C15H13BrN2O. The Labute approximate surface area is 120 Å². The minimum atomic E-state index is -0.0399. The molecule has 1 aliphatic carbocycles. The first-order valence-electron chi connectivity index (χ1n) is 6.16. The van der Waals surface area contributed by atoms with Crippen molar-refractivity contribution in [2.75, 3.05) is 5.32 Å². The molecule has 0 saturated carbocycles. The average molecular weight is 317 g/mol. The van der Waals surface area contributed by atoms with E-state index in [0.29, 0.717) is 5.82 Å². The Morgan fingerprint density at radius 1 is 1.42 bits per heavy atom. The summed E-state index contributed by atoms with van der Waals surface area (Å²) in [5.41, 5.74) is 3.45. The van der Waals surface area contributed by atoms with Gasteiger partial charge in [-0.1, -0.05) is 24.3 Å². The minimum Gasteiger partial charge on any atom is -0.310 e. The van der Waals surface area contributed by atoms with Crippen molar-refractivity contribution in [3.8, 4) is 0 Å². The summed E-state index contributed by atoms with van der Waals surface area (Å²) in [6.07, 6.45) is 2.52. The highest BCUT2D eigenvalue weighted by molar-refractivity contribution is 9.10. The lowest BCUT2D eigenvalue weighted by Crippen LogP contribution is -2.30. The highest BCUT2D eigenvalue weighted by Gasteiger charge is 2.31. The number of carbonyl (C=O) groups excluding carboxylic acids is 1. The largest absolute Gasteiger partial charge is 0.310 e. The topological polar surface area (TPSA) is 42.0 Å². The van der Waals surface area contributed by atoms with Gasteiger partial charge >= 0.3 is 0 Å². The van der Waals surface area contributed by atoms with Crippen LogP contribution >= 0.6 is 15.9 Å². The highest BCUT2D eigenvalue weighted by atomic mass is 79.9. The lowest BCUT2D eigenvalue weighted by atomic mass is 9.77. The van der Waals surface area contributed by atoms with Crippen molar-refractivity contribution < 1.29 is 4.79 Å². The lowest BCUT2D eigenvalue weighted by molar-refractivity contribution is -0.118. The molecule has 0 fully saturated rings. The van der Waals surface area contributed by atoms with Gasteiger partial charge in [-0.05, 0) is 52.0 Å². The van der Waals surface area contributed by atoms with E-state index in [9.17, 15) is 4.79 Å². The van der Waals surface area contributed by atoms with E-state index in [2.05, 4.69) is 32.3 Å². The fourth-order valence-corrected chi connectivity index (χ4v) is 2.53. The second-order valence-corrected chi connectivity index (χ2v) is 5.62. The maximum atomic E-state index is 12.2. The second-order valence-electron chi connectivity index (χ2n) is 4.76. The van der Waals surface area contributed by atoms with E-state index in [-0.39, 0.29) is 11.8 Å². The Hall–Kier alpha value is -1.68. The molecular weight excluding hydrogens is 304 g/mol. The van der Waals surface area contributed by atoms with Crippen LogP contribution in [0.1, 0.15) is 22.6 Å². The number of amides is 1. The van der Waals surface area contributed by atoms with Crippen LogP contribution in [0.3, 0.4) is 0 Å². The maximum absolute atomic E-state index is 12.2. The number of hydrogen-bond donors (Lipinski definition) is 1. The number of benzene rings is 1. The number of nitrogens with zero attached hydrogens (tertiary/aromatic N) is 1. The fourth-order valence-electron chi connectivity index (χ4n) is 2.31. The predicted molar refractivity (Wildman–Crippen MR) is 78.2 cm³/mol. The van der Waals surface area contributed by atoms with Crippen molar-refractivity contribution in [2.45, 2.75) is 19.3 Å². The molecule has 1 aromatic carbocycles. The van der Waals surface area contributed by atoms with Crippen molar-refractivity contribution >= 4 is 27.7 Å². The first-order valence-corrected chi connectivity index (χ1v) is 6.95. The van der Waals surface area contributed by atoms with Gasteiger partial charge in [0.05, 0.1) is 5.92 Å². The molecule has 1 amide bonds. The van der Waals surface area contributed by atoms with Crippen molar-refractivity contribution in [2.24, 2.45) is 0 Å². The molecule has 0 radical (unpaired) electrons. The number of anilines is 1. The third-order valence-electron chi connectivity index (χ3n) is 3.47. The molecule has 19 heavy (non-hydrogen) atoms. The molecule has 1 unspecified atom stereocenters. The zero-order valence-corrected chi connectivity index (χ0v) is 12.1. The monoisotopic (exact) mass is 316 g/mol. The number of hydrogen-bond acceptors (Lipinski definition) is 2. The molecule has 0 bridgehead atoms. The van der Waals surface area contributed by atoms with E-state index >= 15 is 0 Å². The zero-order chi connectivity index (χ0) is 13.4. The van der Waals surface area contributed by atoms with Gasteiger partial charge in [-0.3, -0.25) is 4.79 Å². The van der Waals surface area contributed by atoms with Gasteiger partial charge in [0.1, 0.15) is 5.82 Å². The van der Waals surface area contributed by atoms with Gasteiger partial charge in [-0.2, -0.15) is 0 Å². The van der Waals surface area contributed by atoms with Gasteiger partial charge in [0.2, 0.25) is 5.91 Å². The van der Waals surface area contributed by atoms with Gasteiger partial charge < -0.3 is 5.32 Å². The molecule has 1 aromatic heterocycles. The van der Waals surface area contributed by atoms with Crippen LogP contribution in [0.25, 0.3) is 0 Å². The van der Waals surface area contributed by atoms with Gasteiger partial charge in [-0.25, -0.2) is 4.98 Å². The van der Waals surface area contributed by atoms with Crippen LogP contribution in [-0.2, 0) is 11.2 Å². The number of aryl methyl sites for hydroxylation is 1. The quantitative estimate of drug-likeness (QED) is 0.922. The first-order chi connectivity index (χ1) is 9.15. The summed E-state index contributed by atoms with van der Waals surface area (Å²) in [4.78, 5) is 16.4. The fraction of sp³-hybridized carbons (Fsp3) is 0.200. The number of rotatable bonds is 2. The third-order valence-corrected chi connectivity index (χ3v) is 4.30. The zero-order valence-electron chi connectivity index (χ0n) is 10.5. The molecule has 2 aromatic rings. The van der Waals surface area contributed by atoms with Crippen LogP contribution in [0, 0.1) is 6.92 Å². The van der Waals surface area contributed by atoms with Crippen LogP contribution in [0.5, 0.6) is 0 Å².